The summed E-state index contributed by atoms with van der Waals surface area (Å²) in [5, 5.41) is 0. The molecule has 1 saturated heterocycles. The Morgan fingerprint density at radius 1 is 1.35 bits per heavy atom. The first-order valence-electron chi connectivity index (χ1n) is 7.87. The molecule has 0 amide bonds. The van der Waals surface area contributed by atoms with Gasteiger partial charge in [0.05, 0.1) is 12.7 Å². The average Bonchev–Trinajstić information content (AvgIpc) is 2.98. The van der Waals surface area contributed by atoms with Gasteiger partial charge in [0.25, 0.3) is 0 Å². The van der Waals surface area contributed by atoms with Crippen molar-refractivity contribution < 1.29 is 9.47 Å². The van der Waals surface area contributed by atoms with Gasteiger partial charge in [-0.2, -0.15) is 0 Å². The van der Waals surface area contributed by atoms with E-state index in [1.165, 1.54) is 18.4 Å². The molecule has 2 atom stereocenters. The van der Waals surface area contributed by atoms with Crippen LogP contribution in [0.5, 0.6) is 5.75 Å². The van der Waals surface area contributed by atoms with Crippen LogP contribution in [0, 0.1) is 0 Å². The minimum atomic E-state index is 0.258. The zero-order chi connectivity index (χ0) is 14.2. The minimum Gasteiger partial charge on any atom is -0.494 e. The quantitative estimate of drug-likeness (QED) is 0.741. The summed E-state index contributed by atoms with van der Waals surface area (Å²) in [5.74, 6) is 0.950. The summed E-state index contributed by atoms with van der Waals surface area (Å²) >= 11 is 0. The molecule has 0 radical (unpaired) electrons. The van der Waals surface area contributed by atoms with Crippen molar-refractivity contribution in [2.75, 3.05) is 13.2 Å². The molecule has 112 valence electrons. The average molecular weight is 277 g/mol. The highest BCUT2D eigenvalue weighted by Gasteiger charge is 2.14. The van der Waals surface area contributed by atoms with Crippen LogP contribution in [0.4, 0.5) is 0 Å². The molecule has 1 aromatic carbocycles. The highest BCUT2D eigenvalue weighted by molar-refractivity contribution is 5.27. The maximum Gasteiger partial charge on any atom is 0.119 e. The van der Waals surface area contributed by atoms with Gasteiger partial charge in [0.15, 0.2) is 0 Å². The number of ether oxygens (including phenoxy) is 2. The van der Waals surface area contributed by atoms with Crippen LogP contribution >= 0.6 is 0 Å². The second-order valence-electron chi connectivity index (χ2n) is 5.64. The largest absolute Gasteiger partial charge is 0.494 e. The van der Waals surface area contributed by atoms with Crippen LogP contribution in [-0.4, -0.2) is 25.4 Å². The van der Waals surface area contributed by atoms with E-state index in [4.69, 9.17) is 15.2 Å². The van der Waals surface area contributed by atoms with Crippen molar-refractivity contribution in [2.24, 2.45) is 5.73 Å². The number of nitrogens with two attached hydrogens (primary N) is 1. The maximum atomic E-state index is 5.96. The predicted octanol–water partition coefficient (Wildman–Crippen LogP) is 3.30. The molecule has 3 nitrogen and oxygen atoms in total. The minimum absolute atomic E-state index is 0.258. The molecule has 0 aliphatic carbocycles. The molecule has 20 heavy (non-hydrogen) atoms. The topological polar surface area (TPSA) is 44.5 Å². The van der Waals surface area contributed by atoms with Crippen molar-refractivity contribution in [1.82, 2.24) is 0 Å². The molecule has 2 rings (SSSR count). The van der Waals surface area contributed by atoms with E-state index in [-0.39, 0.29) is 6.04 Å². The Morgan fingerprint density at radius 3 is 2.80 bits per heavy atom. The standard InChI is InChI=1S/C17H27NO2/c1-2-15(18)13-14-7-9-17(10-8-14)20-12-4-6-16-5-3-11-19-16/h7-10,15-16H,2-6,11-13,18H2,1H3. The van der Waals surface area contributed by atoms with Crippen LogP contribution in [0.2, 0.25) is 0 Å². The normalized spacial score (nSPS) is 20.0. The molecule has 1 aliphatic rings. The van der Waals surface area contributed by atoms with E-state index in [1.54, 1.807) is 0 Å². The SMILES string of the molecule is CCC(N)Cc1ccc(OCCCC2CCCO2)cc1. The fraction of sp³-hybridized carbons (Fsp3) is 0.647. The van der Waals surface area contributed by atoms with E-state index in [1.807, 2.05) is 12.1 Å². The molecule has 1 fully saturated rings. The summed E-state index contributed by atoms with van der Waals surface area (Å²) < 4.78 is 11.4. The molecule has 0 saturated carbocycles. The second kappa shape index (κ2) is 8.28. The van der Waals surface area contributed by atoms with Crippen molar-refractivity contribution in [2.45, 2.75) is 57.6 Å². The lowest BCUT2D eigenvalue weighted by Crippen LogP contribution is -2.21. The monoisotopic (exact) mass is 277 g/mol. The molecule has 2 N–H and O–H groups in total. The Bertz CT molecular complexity index is 371. The van der Waals surface area contributed by atoms with E-state index in [0.717, 1.165) is 44.6 Å². The van der Waals surface area contributed by atoms with Crippen LogP contribution in [-0.2, 0) is 11.2 Å². The van der Waals surface area contributed by atoms with Gasteiger partial charge in [-0.25, -0.2) is 0 Å². The summed E-state index contributed by atoms with van der Waals surface area (Å²) in [6, 6.07) is 8.58. The second-order valence-corrected chi connectivity index (χ2v) is 5.64. The van der Waals surface area contributed by atoms with Crippen LogP contribution in [0.3, 0.4) is 0 Å². The van der Waals surface area contributed by atoms with Crippen molar-refractivity contribution in [3.05, 3.63) is 29.8 Å². The van der Waals surface area contributed by atoms with Crippen molar-refractivity contribution >= 4 is 0 Å². The fourth-order valence-electron chi connectivity index (χ4n) is 2.54. The Kier molecular flexibility index (Phi) is 6.34. The molecule has 0 spiro atoms. The summed E-state index contributed by atoms with van der Waals surface area (Å²) in [6.45, 7) is 3.83. The highest BCUT2D eigenvalue weighted by atomic mass is 16.5. The Balaban J connectivity index is 1.65. The third-order valence-electron chi connectivity index (χ3n) is 3.91. The van der Waals surface area contributed by atoms with Crippen LogP contribution in [0.15, 0.2) is 24.3 Å². The molecule has 1 heterocycles. The van der Waals surface area contributed by atoms with Gasteiger partial charge in [0.2, 0.25) is 0 Å². The highest BCUT2D eigenvalue weighted by Crippen LogP contribution is 2.18. The zero-order valence-electron chi connectivity index (χ0n) is 12.5. The third-order valence-corrected chi connectivity index (χ3v) is 3.91. The van der Waals surface area contributed by atoms with Crippen LogP contribution in [0.1, 0.15) is 44.6 Å². The smallest absolute Gasteiger partial charge is 0.119 e. The Morgan fingerprint density at radius 2 is 2.15 bits per heavy atom. The predicted molar refractivity (Wildman–Crippen MR) is 82.1 cm³/mol. The van der Waals surface area contributed by atoms with E-state index in [0.29, 0.717) is 6.10 Å². The number of hydrogen-bond acceptors (Lipinski definition) is 3. The van der Waals surface area contributed by atoms with Gasteiger partial charge in [-0.1, -0.05) is 19.1 Å². The molecular weight excluding hydrogens is 250 g/mol. The van der Waals surface area contributed by atoms with E-state index in [2.05, 4.69) is 19.1 Å². The van der Waals surface area contributed by atoms with Gasteiger partial charge < -0.3 is 15.2 Å². The third kappa shape index (κ3) is 5.14. The number of rotatable bonds is 8. The van der Waals surface area contributed by atoms with Crippen molar-refractivity contribution in [3.63, 3.8) is 0 Å². The first kappa shape index (κ1) is 15.3. The van der Waals surface area contributed by atoms with E-state index < -0.39 is 0 Å². The maximum absolute atomic E-state index is 5.96. The van der Waals surface area contributed by atoms with Gasteiger partial charge in [0.1, 0.15) is 5.75 Å². The van der Waals surface area contributed by atoms with Gasteiger partial charge in [-0.15, -0.1) is 0 Å². The summed E-state index contributed by atoms with van der Waals surface area (Å²) in [6.07, 6.45) is 7.03. The van der Waals surface area contributed by atoms with E-state index >= 15 is 0 Å². The molecule has 0 bridgehead atoms. The molecule has 1 aromatic rings. The molecule has 1 aliphatic heterocycles. The van der Waals surface area contributed by atoms with Gasteiger partial charge in [-0.05, 0) is 56.2 Å². The lowest BCUT2D eigenvalue weighted by Gasteiger charge is -2.11. The molecule has 0 aromatic heterocycles. The lowest BCUT2D eigenvalue weighted by molar-refractivity contribution is 0.0981. The summed E-state index contributed by atoms with van der Waals surface area (Å²) in [5.41, 5.74) is 7.24. The van der Waals surface area contributed by atoms with Gasteiger partial charge in [0, 0.05) is 12.6 Å². The molecular formula is C17H27NO2. The van der Waals surface area contributed by atoms with Gasteiger partial charge >= 0.3 is 0 Å². The van der Waals surface area contributed by atoms with Crippen molar-refractivity contribution in [3.8, 4) is 5.75 Å². The molecule has 2 unspecified atom stereocenters. The Labute approximate surface area is 122 Å². The summed E-state index contributed by atoms with van der Waals surface area (Å²) in [4.78, 5) is 0. The van der Waals surface area contributed by atoms with Crippen LogP contribution < -0.4 is 10.5 Å². The van der Waals surface area contributed by atoms with Crippen molar-refractivity contribution in [1.29, 1.82) is 0 Å². The summed E-state index contributed by atoms with van der Waals surface area (Å²) in [7, 11) is 0. The zero-order valence-corrected chi connectivity index (χ0v) is 12.5. The van der Waals surface area contributed by atoms with E-state index in [9.17, 15) is 0 Å². The first-order valence-corrected chi connectivity index (χ1v) is 7.87. The first-order chi connectivity index (χ1) is 9.78. The lowest BCUT2D eigenvalue weighted by atomic mass is 10.0. The molecule has 3 heteroatoms. The van der Waals surface area contributed by atoms with Crippen LogP contribution in [0.25, 0.3) is 0 Å². The number of benzene rings is 1. The number of hydrogen-bond donors (Lipinski definition) is 1. The Hall–Kier alpha value is -1.06. The van der Waals surface area contributed by atoms with Gasteiger partial charge in [-0.3, -0.25) is 0 Å². The fourth-order valence-corrected chi connectivity index (χ4v) is 2.54.